The number of carbonyl (C=O) groups excluding carboxylic acids is 1. The minimum atomic E-state index is -0.0629. The highest BCUT2D eigenvalue weighted by molar-refractivity contribution is 5.95. The zero-order chi connectivity index (χ0) is 17.5. The summed E-state index contributed by atoms with van der Waals surface area (Å²) < 4.78 is 13.4. The number of hydrogen-bond donors (Lipinski definition) is 1. The quantitative estimate of drug-likeness (QED) is 0.913. The van der Waals surface area contributed by atoms with Crippen LogP contribution in [-0.4, -0.2) is 39.9 Å². The molecule has 26 heavy (non-hydrogen) atoms. The Labute approximate surface area is 151 Å². The van der Waals surface area contributed by atoms with Crippen molar-refractivity contribution in [3.8, 4) is 11.5 Å². The second-order valence-electron chi connectivity index (χ2n) is 7.26. The maximum absolute atomic E-state index is 12.7. The maximum Gasteiger partial charge on any atom is 0.251 e. The second kappa shape index (κ2) is 6.30. The molecule has 1 unspecified atom stereocenters. The van der Waals surface area contributed by atoms with Gasteiger partial charge in [0.2, 0.25) is 0 Å². The van der Waals surface area contributed by atoms with E-state index in [1.165, 1.54) is 12.8 Å². The third-order valence-corrected chi connectivity index (χ3v) is 5.36. The van der Waals surface area contributed by atoms with E-state index in [4.69, 9.17) is 9.47 Å². The highest BCUT2D eigenvalue weighted by Crippen LogP contribution is 2.39. The molecule has 0 spiro atoms. The topological polar surface area (TPSA) is 78.3 Å². The van der Waals surface area contributed by atoms with Crippen molar-refractivity contribution < 1.29 is 14.3 Å². The van der Waals surface area contributed by atoms with Crippen molar-refractivity contribution in [2.45, 2.75) is 50.6 Å². The Balaban J connectivity index is 1.26. The zero-order valence-corrected chi connectivity index (χ0v) is 14.6. The smallest absolute Gasteiger partial charge is 0.251 e. The monoisotopic (exact) mass is 354 g/mol. The van der Waals surface area contributed by atoms with Gasteiger partial charge in [0.05, 0.1) is 0 Å². The minimum absolute atomic E-state index is 0.0629. The van der Waals surface area contributed by atoms with Crippen LogP contribution in [0, 0.1) is 0 Å². The number of aryl methyl sites for hydroxylation is 1. The Morgan fingerprint density at radius 2 is 1.92 bits per heavy atom. The van der Waals surface area contributed by atoms with Gasteiger partial charge in [-0.1, -0.05) is 0 Å². The molecule has 2 aromatic rings. The van der Waals surface area contributed by atoms with Crippen LogP contribution in [0.15, 0.2) is 18.2 Å². The molecule has 1 aliphatic carbocycles. The number of amides is 1. The number of nitrogens with one attached hydrogen (secondary N) is 1. The van der Waals surface area contributed by atoms with Crippen LogP contribution in [0.25, 0.3) is 0 Å². The summed E-state index contributed by atoms with van der Waals surface area (Å²) in [6.07, 6.45) is 5.09. The van der Waals surface area contributed by atoms with Gasteiger partial charge in [0.1, 0.15) is 24.9 Å². The van der Waals surface area contributed by atoms with Crippen LogP contribution in [0.1, 0.15) is 53.6 Å². The highest BCUT2D eigenvalue weighted by atomic mass is 16.6. The van der Waals surface area contributed by atoms with E-state index in [0.29, 0.717) is 36.2 Å². The Kier molecular flexibility index (Phi) is 3.80. The molecule has 0 radical (unpaired) electrons. The zero-order valence-electron chi connectivity index (χ0n) is 14.6. The van der Waals surface area contributed by atoms with Crippen molar-refractivity contribution in [2.75, 3.05) is 13.2 Å². The molecule has 136 valence electrons. The molecule has 0 bridgehead atoms. The second-order valence-corrected chi connectivity index (χ2v) is 7.26. The molecular weight excluding hydrogens is 332 g/mol. The van der Waals surface area contributed by atoms with Crippen LogP contribution < -0.4 is 14.8 Å². The van der Waals surface area contributed by atoms with Gasteiger partial charge < -0.3 is 19.4 Å². The summed E-state index contributed by atoms with van der Waals surface area (Å²) in [6.45, 7) is 1.94. The lowest BCUT2D eigenvalue weighted by atomic mass is 10.1. The molecule has 7 heteroatoms. The average Bonchev–Trinajstić information content (AvgIpc) is 3.47. The molecule has 1 aromatic carbocycles. The van der Waals surface area contributed by atoms with Gasteiger partial charge in [-0.25, -0.2) is 0 Å². The van der Waals surface area contributed by atoms with Crippen molar-refractivity contribution in [3.63, 3.8) is 0 Å². The van der Waals surface area contributed by atoms with E-state index in [1.807, 2.05) is 0 Å². The van der Waals surface area contributed by atoms with Crippen molar-refractivity contribution in [1.29, 1.82) is 0 Å². The number of aromatic nitrogens is 3. The average molecular weight is 354 g/mol. The molecule has 3 aliphatic rings. The summed E-state index contributed by atoms with van der Waals surface area (Å²) in [6, 6.07) is 5.50. The third kappa shape index (κ3) is 2.91. The molecule has 7 nitrogen and oxygen atoms in total. The minimum Gasteiger partial charge on any atom is -0.486 e. The summed E-state index contributed by atoms with van der Waals surface area (Å²) in [5.41, 5.74) is 0.608. The van der Waals surface area contributed by atoms with Crippen molar-refractivity contribution in [1.82, 2.24) is 20.1 Å². The Bertz CT molecular complexity index is 843. The van der Waals surface area contributed by atoms with Gasteiger partial charge in [-0.2, -0.15) is 0 Å². The maximum atomic E-state index is 12.7. The molecule has 2 aliphatic heterocycles. The number of nitrogens with zero attached hydrogens (tertiary/aromatic N) is 3. The lowest BCUT2D eigenvalue weighted by Crippen LogP contribution is -2.35. The van der Waals surface area contributed by atoms with Crippen molar-refractivity contribution in [3.05, 3.63) is 35.4 Å². The van der Waals surface area contributed by atoms with E-state index >= 15 is 0 Å². The van der Waals surface area contributed by atoms with Crippen LogP contribution in [0.2, 0.25) is 0 Å². The summed E-state index contributed by atoms with van der Waals surface area (Å²) in [7, 11) is 0. The van der Waals surface area contributed by atoms with Crippen LogP contribution in [-0.2, 0) is 13.0 Å². The first-order chi connectivity index (χ1) is 12.8. The summed E-state index contributed by atoms with van der Waals surface area (Å²) >= 11 is 0. The number of rotatable bonds is 3. The molecule has 1 amide bonds. The van der Waals surface area contributed by atoms with Gasteiger partial charge in [0.25, 0.3) is 5.91 Å². The predicted octanol–water partition coefficient (Wildman–Crippen LogP) is 2.06. The summed E-state index contributed by atoms with van der Waals surface area (Å²) in [5.74, 6) is 4.08. The molecule has 1 fully saturated rings. The van der Waals surface area contributed by atoms with E-state index in [1.54, 1.807) is 18.2 Å². The van der Waals surface area contributed by atoms with Gasteiger partial charge >= 0.3 is 0 Å². The largest absolute Gasteiger partial charge is 0.486 e. The number of ether oxygens (including phenoxy) is 2. The van der Waals surface area contributed by atoms with Crippen LogP contribution in [0.3, 0.4) is 0 Å². The van der Waals surface area contributed by atoms with Crippen molar-refractivity contribution in [2.24, 2.45) is 0 Å². The SMILES string of the molecule is O=C(NC1CCc2nnc(C3CC3)n2CC1)c1ccc2c(c1)OCCO2. The van der Waals surface area contributed by atoms with Gasteiger partial charge in [0.15, 0.2) is 11.5 Å². The fourth-order valence-electron chi connectivity index (χ4n) is 3.75. The van der Waals surface area contributed by atoms with Crippen LogP contribution in [0.5, 0.6) is 11.5 Å². The predicted molar refractivity (Wildman–Crippen MR) is 93.6 cm³/mol. The Hall–Kier alpha value is -2.57. The van der Waals surface area contributed by atoms with E-state index in [-0.39, 0.29) is 11.9 Å². The molecule has 1 atom stereocenters. The third-order valence-electron chi connectivity index (χ3n) is 5.36. The molecule has 3 heterocycles. The standard InChI is InChI=1S/C19H22N4O3/c24-19(13-3-5-15-16(11-13)26-10-9-25-15)20-14-4-6-17-21-22-18(12-1-2-12)23(17)8-7-14/h3,5,11-12,14H,1-2,4,6-10H2,(H,20,24). The number of fused-ring (bicyclic) bond motifs is 2. The van der Waals surface area contributed by atoms with Crippen molar-refractivity contribution >= 4 is 5.91 Å². The summed E-state index contributed by atoms with van der Waals surface area (Å²) in [5, 5.41) is 11.9. The number of benzene rings is 1. The molecule has 0 saturated heterocycles. The number of hydrogen-bond acceptors (Lipinski definition) is 5. The first kappa shape index (κ1) is 15.7. The van der Waals surface area contributed by atoms with E-state index in [9.17, 15) is 4.79 Å². The van der Waals surface area contributed by atoms with Gasteiger partial charge in [-0.3, -0.25) is 4.79 Å². The van der Waals surface area contributed by atoms with Gasteiger partial charge in [-0.05, 0) is 43.9 Å². The Morgan fingerprint density at radius 3 is 2.77 bits per heavy atom. The lowest BCUT2D eigenvalue weighted by molar-refractivity contribution is 0.0931. The molecular formula is C19H22N4O3. The Morgan fingerprint density at radius 1 is 1.08 bits per heavy atom. The fraction of sp³-hybridized carbons (Fsp3) is 0.526. The normalized spacial score (nSPS) is 21.6. The van der Waals surface area contributed by atoms with Crippen LogP contribution in [0.4, 0.5) is 0 Å². The fourth-order valence-corrected chi connectivity index (χ4v) is 3.75. The lowest BCUT2D eigenvalue weighted by Gasteiger charge is -2.20. The van der Waals surface area contributed by atoms with Gasteiger partial charge in [-0.15, -0.1) is 10.2 Å². The first-order valence-electron chi connectivity index (χ1n) is 9.40. The van der Waals surface area contributed by atoms with E-state index in [0.717, 1.165) is 37.5 Å². The van der Waals surface area contributed by atoms with Crippen LogP contribution >= 0.6 is 0 Å². The summed E-state index contributed by atoms with van der Waals surface area (Å²) in [4.78, 5) is 12.7. The van der Waals surface area contributed by atoms with E-state index in [2.05, 4.69) is 20.1 Å². The molecule has 5 rings (SSSR count). The van der Waals surface area contributed by atoms with E-state index < -0.39 is 0 Å². The molecule has 1 saturated carbocycles. The number of carbonyl (C=O) groups is 1. The molecule has 1 aromatic heterocycles. The molecule has 1 N–H and O–H groups in total. The highest BCUT2D eigenvalue weighted by Gasteiger charge is 2.31. The first-order valence-corrected chi connectivity index (χ1v) is 9.40. The van der Waals surface area contributed by atoms with Gasteiger partial charge in [0, 0.05) is 30.5 Å².